The summed E-state index contributed by atoms with van der Waals surface area (Å²) in [6, 6.07) is 1.82. The van der Waals surface area contributed by atoms with Crippen LogP contribution in [-0.2, 0) is 10.2 Å². The van der Waals surface area contributed by atoms with E-state index in [0.717, 1.165) is 17.5 Å². The van der Waals surface area contributed by atoms with Crippen LogP contribution in [0.2, 0.25) is 0 Å². The normalized spacial score (nSPS) is 17.6. The first-order valence-electron chi connectivity index (χ1n) is 5.62. The zero-order chi connectivity index (χ0) is 12.8. The van der Waals surface area contributed by atoms with E-state index in [2.05, 4.69) is 15.9 Å². The Morgan fingerprint density at radius 2 is 2.00 bits per heavy atom. The van der Waals surface area contributed by atoms with Crippen molar-refractivity contribution in [3.05, 3.63) is 27.2 Å². The maximum Gasteiger partial charge on any atom is 0.314 e. The van der Waals surface area contributed by atoms with Crippen LogP contribution in [-0.4, -0.2) is 16.2 Å². The largest absolute Gasteiger partial charge is 0.506 e. The lowest BCUT2D eigenvalue weighted by molar-refractivity contribution is -0.147. The number of hydrogen-bond donors (Lipinski definition) is 2. The lowest BCUT2D eigenvalue weighted by atomic mass is 9.63. The maximum atomic E-state index is 11.5. The van der Waals surface area contributed by atoms with Crippen LogP contribution in [0.25, 0.3) is 0 Å². The molecule has 0 heterocycles. The third-order valence-electron chi connectivity index (χ3n) is 3.87. The molecule has 0 saturated heterocycles. The number of aromatic hydroxyl groups is 1. The summed E-state index contributed by atoms with van der Waals surface area (Å²) >= 11 is 3.28. The van der Waals surface area contributed by atoms with Crippen molar-refractivity contribution in [1.29, 1.82) is 0 Å². The molecule has 0 bridgehead atoms. The minimum atomic E-state index is -0.886. The molecule has 2 N–H and O–H groups in total. The van der Waals surface area contributed by atoms with Crippen LogP contribution in [0.3, 0.4) is 0 Å². The summed E-state index contributed by atoms with van der Waals surface area (Å²) in [5.74, 6) is -0.755. The molecule has 2 rings (SSSR count). The van der Waals surface area contributed by atoms with Crippen molar-refractivity contribution in [3.63, 3.8) is 0 Å². The molecule has 1 aliphatic carbocycles. The van der Waals surface area contributed by atoms with Gasteiger partial charge in [0.1, 0.15) is 5.75 Å². The molecule has 4 heteroatoms. The van der Waals surface area contributed by atoms with Gasteiger partial charge in [-0.1, -0.05) is 6.42 Å². The third-order valence-corrected chi connectivity index (χ3v) is 4.47. The molecular formula is C13H15BrO3. The molecule has 0 spiro atoms. The first-order chi connectivity index (χ1) is 7.90. The van der Waals surface area contributed by atoms with Crippen LogP contribution in [0, 0.1) is 13.8 Å². The van der Waals surface area contributed by atoms with Crippen LogP contribution in [0.15, 0.2) is 10.5 Å². The molecule has 0 radical (unpaired) electrons. The van der Waals surface area contributed by atoms with Crippen molar-refractivity contribution in [1.82, 2.24) is 0 Å². The van der Waals surface area contributed by atoms with Crippen molar-refractivity contribution in [2.24, 2.45) is 0 Å². The quantitative estimate of drug-likeness (QED) is 0.881. The number of rotatable bonds is 2. The molecule has 17 heavy (non-hydrogen) atoms. The van der Waals surface area contributed by atoms with Gasteiger partial charge in [-0.05, 0) is 59.8 Å². The second-order valence-electron chi connectivity index (χ2n) is 4.76. The van der Waals surface area contributed by atoms with Crippen molar-refractivity contribution < 1.29 is 15.0 Å². The summed E-state index contributed by atoms with van der Waals surface area (Å²) in [7, 11) is 0. The van der Waals surface area contributed by atoms with Gasteiger partial charge >= 0.3 is 5.97 Å². The number of phenolic OH excluding ortho intramolecular Hbond substituents is 1. The number of hydrogen-bond acceptors (Lipinski definition) is 2. The molecule has 0 aromatic heterocycles. The SMILES string of the molecule is Cc1cc(Br)c(O)c(C2(C(=O)O)CCC2)c1C. The molecule has 0 unspecified atom stereocenters. The lowest BCUT2D eigenvalue weighted by Crippen LogP contribution is -2.43. The summed E-state index contributed by atoms with van der Waals surface area (Å²) in [6.45, 7) is 3.80. The van der Waals surface area contributed by atoms with Crippen LogP contribution in [0.1, 0.15) is 36.0 Å². The Labute approximate surface area is 109 Å². The minimum Gasteiger partial charge on any atom is -0.506 e. The highest BCUT2D eigenvalue weighted by Gasteiger charge is 2.48. The van der Waals surface area contributed by atoms with Crippen LogP contribution in [0.5, 0.6) is 5.75 Å². The van der Waals surface area contributed by atoms with Gasteiger partial charge in [-0.2, -0.15) is 0 Å². The number of aryl methyl sites for hydroxylation is 1. The Morgan fingerprint density at radius 1 is 1.41 bits per heavy atom. The van der Waals surface area contributed by atoms with Gasteiger partial charge < -0.3 is 10.2 Å². The van der Waals surface area contributed by atoms with Gasteiger partial charge in [0.25, 0.3) is 0 Å². The molecule has 3 nitrogen and oxygen atoms in total. The van der Waals surface area contributed by atoms with E-state index >= 15 is 0 Å². The topological polar surface area (TPSA) is 57.5 Å². The fourth-order valence-corrected chi connectivity index (χ4v) is 3.09. The van der Waals surface area contributed by atoms with E-state index in [0.29, 0.717) is 22.9 Å². The van der Waals surface area contributed by atoms with Gasteiger partial charge in [0.05, 0.1) is 9.89 Å². The van der Waals surface area contributed by atoms with Gasteiger partial charge in [-0.25, -0.2) is 0 Å². The lowest BCUT2D eigenvalue weighted by Gasteiger charge is -2.39. The summed E-state index contributed by atoms with van der Waals surface area (Å²) in [6.07, 6.45) is 2.11. The van der Waals surface area contributed by atoms with Gasteiger partial charge in [0.2, 0.25) is 0 Å². The first kappa shape index (κ1) is 12.4. The van der Waals surface area contributed by atoms with E-state index in [4.69, 9.17) is 0 Å². The minimum absolute atomic E-state index is 0.0789. The van der Waals surface area contributed by atoms with E-state index in [1.54, 1.807) is 0 Å². The zero-order valence-corrected chi connectivity index (χ0v) is 11.5. The zero-order valence-electron chi connectivity index (χ0n) is 9.88. The van der Waals surface area contributed by atoms with Gasteiger partial charge in [0, 0.05) is 5.56 Å². The summed E-state index contributed by atoms with van der Waals surface area (Å²) in [5.41, 5.74) is 1.58. The average Bonchev–Trinajstić information content (AvgIpc) is 2.18. The van der Waals surface area contributed by atoms with Crippen LogP contribution >= 0.6 is 15.9 Å². The van der Waals surface area contributed by atoms with Gasteiger partial charge in [-0.3, -0.25) is 4.79 Å². The number of carboxylic acids is 1. The number of benzene rings is 1. The average molecular weight is 299 g/mol. The first-order valence-corrected chi connectivity index (χ1v) is 6.42. The smallest absolute Gasteiger partial charge is 0.314 e. The maximum absolute atomic E-state index is 11.5. The Hall–Kier alpha value is -1.03. The monoisotopic (exact) mass is 298 g/mol. The second-order valence-corrected chi connectivity index (χ2v) is 5.62. The van der Waals surface area contributed by atoms with Crippen molar-refractivity contribution in [2.75, 3.05) is 0 Å². The highest BCUT2D eigenvalue weighted by Crippen LogP contribution is 2.50. The van der Waals surface area contributed by atoms with E-state index in [9.17, 15) is 15.0 Å². The number of phenols is 1. The van der Waals surface area contributed by atoms with E-state index in [-0.39, 0.29) is 5.75 Å². The number of carboxylic acid groups (broad SMARTS) is 1. The molecule has 1 aromatic rings. The number of carbonyl (C=O) groups is 1. The second kappa shape index (κ2) is 4.02. The molecule has 1 saturated carbocycles. The fraction of sp³-hybridized carbons (Fsp3) is 0.462. The van der Waals surface area contributed by atoms with Crippen LogP contribution in [0.4, 0.5) is 0 Å². The molecule has 0 aliphatic heterocycles. The Morgan fingerprint density at radius 3 is 2.41 bits per heavy atom. The van der Waals surface area contributed by atoms with Gasteiger partial charge in [0.15, 0.2) is 0 Å². The summed E-state index contributed by atoms with van der Waals surface area (Å²) < 4.78 is 0.572. The Kier molecular flexibility index (Phi) is 2.94. The van der Waals surface area contributed by atoms with E-state index < -0.39 is 11.4 Å². The molecule has 0 amide bonds. The van der Waals surface area contributed by atoms with Crippen molar-refractivity contribution >= 4 is 21.9 Å². The third kappa shape index (κ3) is 1.66. The predicted molar refractivity (Wildman–Crippen MR) is 68.4 cm³/mol. The van der Waals surface area contributed by atoms with E-state index in [1.165, 1.54) is 0 Å². The highest BCUT2D eigenvalue weighted by atomic mass is 79.9. The van der Waals surface area contributed by atoms with Crippen molar-refractivity contribution in [3.8, 4) is 5.75 Å². The summed E-state index contributed by atoms with van der Waals surface area (Å²) in [4.78, 5) is 11.5. The number of aliphatic carboxylic acids is 1. The molecule has 0 atom stereocenters. The molecule has 1 aromatic carbocycles. The fourth-order valence-electron chi connectivity index (χ4n) is 2.55. The Bertz CT molecular complexity index is 464. The van der Waals surface area contributed by atoms with Crippen molar-refractivity contribution in [2.45, 2.75) is 38.5 Å². The number of halogens is 1. The van der Waals surface area contributed by atoms with Gasteiger partial charge in [-0.15, -0.1) is 0 Å². The highest BCUT2D eigenvalue weighted by molar-refractivity contribution is 9.10. The molecule has 1 fully saturated rings. The predicted octanol–water partition coefficient (Wildman–Crippen LogP) is 3.28. The molecule has 92 valence electrons. The molecular weight excluding hydrogens is 284 g/mol. The molecule has 1 aliphatic rings. The Balaban J connectivity index is 2.70. The summed E-state index contributed by atoms with van der Waals surface area (Å²) in [5, 5.41) is 19.6. The standard InChI is InChI=1S/C13H15BrO3/c1-7-6-9(14)11(15)10(8(7)2)13(12(16)17)4-3-5-13/h6,15H,3-5H2,1-2H3,(H,16,17). The van der Waals surface area contributed by atoms with Crippen LogP contribution < -0.4 is 0 Å². The van der Waals surface area contributed by atoms with E-state index in [1.807, 2.05) is 19.9 Å².